The SMILES string of the molecule is COc1ccc(N2CCN(C(=O)CCBr)CC2)cc1. The van der Waals surface area contributed by atoms with Gasteiger partial charge in [-0.15, -0.1) is 0 Å². The maximum Gasteiger partial charge on any atom is 0.223 e. The topological polar surface area (TPSA) is 32.8 Å². The number of hydrogen-bond donors (Lipinski definition) is 0. The fraction of sp³-hybridized carbons (Fsp3) is 0.500. The molecule has 0 aliphatic carbocycles. The highest BCUT2D eigenvalue weighted by Crippen LogP contribution is 2.20. The van der Waals surface area contributed by atoms with Gasteiger partial charge in [0.05, 0.1) is 7.11 Å². The molecule has 0 atom stereocenters. The number of alkyl halides is 1. The van der Waals surface area contributed by atoms with Crippen LogP contribution in [0.2, 0.25) is 0 Å². The number of benzene rings is 1. The molecular weight excluding hydrogens is 308 g/mol. The Kier molecular flexibility index (Phi) is 5.07. The zero-order valence-electron chi connectivity index (χ0n) is 11.1. The van der Waals surface area contributed by atoms with Crippen LogP contribution in [0.4, 0.5) is 5.69 Å². The van der Waals surface area contributed by atoms with Gasteiger partial charge in [-0.25, -0.2) is 0 Å². The molecule has 0 aromatic heterocycles. The minimum Gasteiger partial charge on any atom is -0.497 e. The van der Waals surface area contributed by atoms with E-state index in [1.807, 2.05) is 17.0 Å². The lowest BCUT2D eigenvalue weighted by molar-refractivity contribution is -0.131. The minimum atomic E-state index is 0.242. The number of ether oxygens (including phenoxy) is 1. The minimum absolute atomic E-state index is 0.242. The van der Waals surface area contributed by atoms with Crippen LogP contribution in [-0.2, 0) is 4.79 Å². The Morgan fingerprint density at radius 1 is 1.21 bits per heavy atom. The van der Waals surface area contributed by atoms with Gasteiger partial charge in [0.1, 0.15) is 5.75 Å². The van der Waals surface area contributed by atoms with Crippen LogP contribution >= 0.6 is 15.9 Å². The van der Waals surface area contributed by atoms with E-state index in [1.165, 1.54) is 5.69 Å². The Balaban J connectivity index is 1.90. The number of rotatable bonds is 4. The van der Waals surface area contributed by atoms with Crippen LogP contribution in [0.15, 0.2) is 24.3 Å². The van der Waals surface area contributed by atoms with Crippen molar-refractivity contribution in [3.63, 3.8) is 0 Å². The molecule has 0 saturated carbocycles. The molecule has 0 bridgehead atoms. The summed E-state index contributed by atoms with van der Waals surface area (Å²) in [7, 11) is 1.67. The average Bonchev–Trinajstić information content (AvgIpc) is 2.48. The highest BCUT2D eigenvalue weighted by atomic mass is 79.9. The van der Waals surface area contributed by atoms with Crippen molar-refractivity contribution < 1.29 is 9.53 Å². The van der Waals surface area contributed by atoms with E-state index in [4.69, 9.17) is 4.74 Å². The van der Waals surface area contributed by atoms with Gasteiger partial charge in [0.15, 0.2) is 0 Å². The highest BCUT2D eigenvalue weighted by molar-refractivity contribution is 9.09. The van der Waals surface area contributed by atoms with Crippen molar-refractivity contribution in [3.8, 4) is 5.75 Å². The lowest BCUT2D eigenvalue weighted by atomic mass is 10.2. The number of amides is 1. The second-order valence-corrected chi connectivity index (χ2v) is 5.30. The van der Waals surface area contributed by atoms with Crippen LogP contribution in [0.1, 0.15) is 6.42 Å². The fourth-order valence-corrected chi connectivity index (χ4v) is 2.59. The summed E-state index contributed by atoms with van der Waals surface area (Å²) in [5.41, 5.74) is 1.19. The molecule has 104 valence electrons. The van der Waals surface area contributed by atoms with Crippen LogP contribution in [0, 0.1) is 0 Å². The molecule has 1 fully saturated rings. The molecule has 5 heteroatoms. The third-order valence-electron chi connectivity index (χ3n) is 3.38. The van der Waals surface area contributed by atoms with Crippen LogP contribution in [0.5, 0.6) is 5.75 Å². The van der Waals surface area contributed by atoms with Gasteiger partial charge >= 0.3 is 0 Å². The van der Waals surface area contributed by atoms with E-state index in [-0.39, 0.29) is 5.91 Å². The molecule has 0 radical (unpaired) electrons. The standard InChI is InChI=1S/C14H19BrN2O2/c1-19-13-4-2-12(3-5-13)16-8-10-17(11-9-16)14(18)6-7-15/h2-5H,6-11H2,1H3. The van der Waals surface area contributed by atoms with Crippen LogP contribution in [0.25, 0.3) is 0 Å². The lowest BCUT2D eigenvalue weighted by Gasteiger charge is -2.36. The Labute approximate surface area is 122 Å². The number of halogens is 1. The first-order valence-corrected chi connectivity index (χ1v) is 7.59. The molecule has 1 amide bonds. The van der Waals surface area contributed by atoms with Gasteiger partial charge in [-0.3, -0.25) is 4.79 Å². The van der Waals surface area contributed by atoms with E-state index in [0.717, 1.165) is 37.3 Å². The smallest absolute Gasteiger partial charge is 0.223 e. The first kappa shape index (κ1) is 14.2. The third kappa shape index (κ3) is 3.62. The summed E-state index contributed by atoms with van der Waals surface area (Å²) in [6.45, 7) is 3.39. The van der Waals surface area contributed by atoms with Crippen LogP contribution < -0.4 is 9.64 Å². The molecule has 0 spiro atoms. The Hall–Kier alpha value is -1.23. The predicted molar refractivity (Wildman–Crippen MR) is 80.2 cm³/mol. The van der Waals surface area contributed by atoms with Crippen molar-refractivity contribution in [1.82, 2.24) is 4.90 Å². The number of anilines is 1. The molecule has 1 aliphatic heterocycles. The normalized spacial score (nSPS) is 15.5. The largest absolute Gasteiger partial charge is 0.497 e. The second kappa shape index (κ2) is 6.80. The number of nitrogens with zero attached hydrogens (tertiary/aromatic N) is 2. The number of piperazine rings is 1. The molecule has 1 aliphatic rings. The first-order valence-electron chi connectivity index (χ1n) is 6.47. The molecule has 0 unspecified atom stereocenters. The summed E-state index contributed by atoms with van der Waals surface area (Å²) in [6.07, 6.45) is 0.586. The second-order valence-electron chi connectivity index (χ2n) is 4.50. The zero-order chi connectivity index (χ0) is 13.7. The van der Waals surface area contributed by atoms with Crippen LogP contribution in [0.3, 0.4) is 0 Å². The number of carbonyl (C=O) groups excluding carboxylic acids is 1. The van der Waals surface area contributed by atoms with E-state index in [0.29, 0.717) is 6.42 Å². The molecule has 1 heterocycles. The quantitative estimate of drug-likeness (QED) is 0.795. The number of methoxy groups -OCH3 is 1. The van der Waals surface area contributed by atoms with Crippen molar-refractivity contribution >= 4 is 27.5 Å². The lowest BCUT2D eigenvalue weighted by Crippen LogP contribution is -2.48. The summed E-state index contributed by atoms with van der Waals surface area (Å²) in [6, 6.07) is 8.07. The van der Waals surface area contributed by atoms with E-state index in [1.54, 1.807) is 7.11 Å². The first-order chi connectivity index (χ1) is 9.24. The van der Waals surface area contributed by atoms with Gasteiger partial charge in [0.2, 0.25) is 5.91 Å². The van der Waals surface area contributed by atoms with Crippen molar-refractivity contribution in [1.29, 1.82) is 0 Å². The number of carbonyl (C=O) groups is 1. The van der Waals surface area contributed by atoms with E-state index in [9.17, 15) is 4.79 Å². The molecule has 1 aromatic carbocycles. The van der Waals surface area contributed by atoms with Gasteiger partial charge < -0.3 is 14.5 Å². The summed E-state index contributed by atoms with van der Waals surface area (Å²) in [5.74, 6) is 1.11. The highest BCUT2D eigenvalue weighted by Gasteiger charge is 2.20. The average molecular weight is 327 g/mol. The van der Waals surface area contributed by atoms with Gasteiger partial charge in [-0.2, -0.15) is 0 Å². The number of hydrogen-bond acceptors (Lipinski definition) is 3. The Morgan fingerprint density at radius 2 is 1.84 bits per heavy atom. The van der Waals surface area contributed by atoms with Gasteiger partial charge in [-0.05, 0) is 24.3 Å². The molecule has 1 aromatic rings. The molecule has 1 saturated heterocycles. The van der Waals surface area contributed by atoms with Gasteiger partial charge in [0.25, 0.3) is 0 Å². The van der Waals surface area contributed by atoms with E-state index >= 15 is 0 Å². The van der Waals surface area contributed by atoms with Crippen molar-refractivity contribution in [2.24, 2.45) is 0 Å². The van der Waals surface area contributed by atoms with E-state index in [2.05, 4.69) is 33.0 Å². The summed E-state index contributed by atoms with van der Waals surface area (Å²) in [4.78, 5) is 16.0. The Morgan fingerprint density at radius 3 is 2.37 bits per heavy atom. The zero-order valence-corrected chi connectivity index (χ0v) is 12.7. The molecule has 19 heavy (non-hydrogen) atoms. The fourth-order valence-electron chi connectivity index (χ4n) is 2.25. The predicted octanol–water partition coefficient (Wildman–Crippen LogP) is 2.13. The molecule has 0 N–H and O–H groups in total. The maximum atomic E-state index is 11.8. The van der Waals surface area contributed by atoms with Crippen molar-refractivity contribution in [3.05, 3.63) is 24.3 Å². The molecule has 4 nitrogen and oxygen atoms in total. The van der Waals surface area contributed by atoms with Crippen LogP contribution in [-0.4, -0.2) is 49.4 Å². The monoisotopic (exact) mass is 326 g/mol. The third-order valence-corrected chi connectivity index (χ3v) is 3.77. The summed E-state index contributed by atoms with van der Waals surface area (Å²) >= 11 is 3.31. The molecular formula is C14H19BrN2O2. The van der Waals surface area contributed by atoms with Crippen molar-refractivity contribution in [2.45, 2.75) is 6.42 Å². The van der Waals surface area contributed by atoms with E-state index < -0.39 is 0 Å². The molecule has 2 rings (SSSR count). The maximum absolute atomic E-state index is 11.8. The summed E-state index contributed by atoms with van der Waals surface area (Å²) in [5, 5.41) is 0.741. The van der Waals surface area contributed by atoms with Crippen molar-refractivity contribution in [2.75, 3.05) is 43.5 Å². The van der Waals surface area contributed by atoms with Gasteiger partial charge in [-0.1, -0.05) is 15.9 Å². The summed E-state index contributed by atoms with van der Waals surface area (Å²) < 4.78 is 5.16. The van der Waals surface area contributed by atoms with Gasteiger partial charge in [0, 0.05) is 43.6 Å². The Bertz CT molecular complexity index is 414.